The van der Waals surface area contributed by atoms with Crippen LogP contribution in [0, 0.1) is 11.8 Å². The molecule has 0 bridgehead atoms. The predicted molar refractivity (Wildman–Crippen MR) is 73.3 cm³/mol. The lowest BCUT2D eigenvalue weighted by Gasteiger charge is -2.22. The van der Waals surface area contributed by atoms with Gasteiger partial charge >= 0.3 is 0 Å². The van der Waals surface area contributed by atoms with Crippen molar-refractivity contribution >= 4 is 0 Å². The summed E-state index contributed by atoms with van der Waals surface area (Å²) in [5, 5.41) is 3.48. The Morgan fingerprint density at radius 2 is 2.00 bits per heavy atom. The second-order valence-electron chi connectivity index (χ2n) is 5.95. The molecule has 0 aromatic carbocycles. The molecule has 3 nitrogen and oxygen atoms in total. The van der Waals surface area contributed by atoms with E-state index >= 15 is 0 Å². The minimum atomic E-state index is 0.588. The first-order chi connectivity index (χ1) is 8.08. The molecule has 102 valence electrons. The lowest BCUT2D eigenvalue weighted by Crippen LogP contribution is -2.35. The van der Waals surface area contributed by atoms with Crippen molar-refractivity contribution in [2.75, 3.05) is 39.9 Å². The maximum atomic E-state index is 5.65. The molecule has 1 aliphatic rings. The molecule has 0 saturated heterocycles. The second-order valence-corrected chi connectivity index (χ2v) is 5.95. The van der Waals surface area contributed by atoms with Crippen LogP contribution in [0.5, 0.6) is 0 Å². The number of likely N-dealkylation sites (N-methyl/N-ethyl adjacent to an activating group) is 1. The van der Waals surface area contributed by atoms with Crippen molar-refractivity contribution in [2.24, 2.45) is 11.8 Å². The lowest BCUT2D eigenvalue weighted by molar-refractivity contribution is 0.0997. The van der Waals surface area contributed by atoms with Crippen LogP contribution in [0.2, 0.25) is 0 Å². The SMILES string of the molecule is CC(CNC(C)C)CN(C)CCOCC1CC1. The van der Waals surface area contributed by atoms with E-state index in [-0.39, 0.29) is 0 Å². The van der Waals surface area contributed by atoms with Crippen LogP contribution < -0.4 is 5.32 Å². The van der Waals surface area contributed by atoms with Gasteiger partial charge in [-0.1, -0.05) is 20.8 Å². The highest BCUT2D eigenvalue weighted by molar-refractivity contribution is 4.72. The van der Waals surface area contributed by atoms with E-state index in [0.717, 1.165) is 38.8 Å². The summed E-state index contributed by atoms with van der Waals surface area (Å²) in [6.07, 6.45) is 2.77. The number of nitrogens with one attached hydrogen (secondary N) is 1. The Hall–Kier alpha value is -0.120. The van der Waals surface area contributed by atoms with E-state index in [2.05, 4.69) is 38.0 Å². The number of hydrogen-bond acceptors (Lipinski definition) is 3. The molecule has 17 heavy (non-hydrogen) atoms. The molecule has 0 aromatic rings. The Labute approximate surface area is 107 Å². The van der Waals surface area contributed by atoms with Crippen molar-refractivity contribution in [1.29, 1.82) is 0 Å². The molecule has 1 N–H and O–H groups in total. The summed E-state index contributed by atoms with van der Waals surface area (Å²) in [5.74, 6) is 1.58. The van der Waals surface area contributed by atoms with Gasteiger partial charge in [-0.05, 0) is 38.3 Å². The molecule has 0 radical (unpaired) electrons. The van der Waals surface area contributed by atoms with Crippen molar-refractivity contribution in [3.8, 4) is 0 Å². The average Bonchev–Trinajstić information content (AvgIpc) is 3.05. The van der Waals surface area contributed by atoms with E-state index in [1.54, 1.807) is 0 Å². The van der Waals surface area contributed by atoms with Gasteiger partial charge in [0.2, 0.25) is 0 Å². The smallest absolute Gasteiger partial charge is 0.0593 e. The molecule has 1 unspecified atom stereocenters. The molecular weight excluding hydrogens is 212 g/mol. The summed E-state index contributed by atoms with van der Waals surface area (Å²) < 4.78 is 5.65. The van der Waals surface area contributed by atoms with E-state index in [0.29, 0.717) is 12.0 Å². The minimum Gasteiger partial charge on any atom is -0.380 e. The first kappa shape index (κ1) is 14.9. The summed E-state index contributed by atoms with van der Waals surface area (Å²) in [4.78, 5) is 2.37. The third-order valence-electron chi connectivity index (χ3n) is 3.17. The normalized spacial score (nSPS) is 18.0. The highest BCUT2D eigenvalue weighted by Gasteiger charge is 2.20. The quantitative estimate of drug-likeness (QED) is 0.593. The van der Waals surface area contributed by atoms with Crippen LogP contribution in [0.15, 0.2) is 0 Å². The summed E-state index contributed by atoms with van der Waals surface area (Å²) in [6.45, 7) is 11.9. The van der Waals surface area contributed by atoms with Gasteiger partial charge in [0, 0.05) is 25.7 Å². The topological polar surface area (TPSA) is 24.5 Å². The molecule has 1 atom stereocenters. The first-order valence-electron chi connectivity index (χ1n) is 7.07. The van der Waals surface area contributed by atoms with Crippen LogP contribution in [-0.4, -0.2) is 50.8 Å². The zero-order chi connectivity index (χ0) is 12.7. The maximum absolute atomic E-state index is 5.65. The number of ether oxygens (including phenoxy) is 1. The highest BCUT2D eigenvalue weighted by atomic mass is 16.5. The van der Waals surface area contributed by atoms with E-state index in [1.165, 1.54) is 12.8 Å². The van der Waals surface area contributed by atoms with E-state index in [4.69, 9.17) is 4.74 Å². The van der Waals surface area contributed by atoms with Crippen molar-refractivity contribution in [3.05, 3.63) is 0 Å². The first-order valence-corrected chi connectivity index (χ1v) is 7.07. The fourth-order valence-corrected chi connectivity index (χ4v) is 1.88. The molecule has 1 rings (SSSR count). The van der Waals surface area contributed by atoms with Crippen LogP contribution in [0.25, 0.3) is 0 Å². The van der Waals surface area contributed by atoms with E-state index in [9.17, 15) is 0 Å². The second kappa shape index (κ2) is 8.06. The van der Waals surface area contributed by atoms with Gasteiger partial charge in [-0.2, -0.15) is 0 Å². The van der Waals surface area contributed by atoms with Crippen molar-refractivity contribution in [3.63, 3.8) is 0 Å². The maximum Gasteiger partial charge on any atom is 0.0593 e. The molecule has 1 aliphatic carbocycles. The zero-order valence-electron chi connectivity index (χ0n) is 12.0. The summed E-state index contributed by atoms with van der Waals surface area (Å²) >= 11 is 0. The number of rotatable bonds is 10. The Balaban J connectivity index is 1.92. The molecule has 0 amide bonds. The Kier molecular flexibility index (Phi) is 7.09. The largest absolute Gasteiger partial charge is 0.380 e. The molecule has 3 heteroatoms. The van der Waals surface area contributed by atoms with Gasteiger partial charge in [-0.3, -0.25) is 0 Å². The minimum absolute atomic E-state index is 0.588. The fourth-order valence-electron chi connectivity index (χ4n) is 1.88. The Morgan fingerprint density at radius 3 is 2.59 bits per heavy atom. The Morgan fingerprint density at radius 1 is 1.29 bits per heavy atom. The van der Waals surface area contributed by atoms with Crippen LogP contribution in [-0.2, 0) is 4.74 Å². The third-order valence-corrected chi connectivity index (χ3v) is 3.17. The molecular formula is C14H30N2O. The molecule has 0 heterocycles. The van der Waals surface area contributed by atoms with Crippen LogP contribution >= 0.6 is 0 Å². The van der Waals surface area contributed by atoms with Crippen LogP contribution in [0.1, 0.15) is 33.6 Å². The molecule has 0 spiro atoms. The van der Waals surface area contributed by atoms with Gasteiger partial charge in [0.05, 0.1) is 6.61 Å². The average molecular weight is 242 g/mol. The zero-order valence-corrected chi connectivity index (χ0v) is 12.0. The molecule has 1 fully saturated rings. The summed E-state index contributed by atoms with van der Waals surface area (Å²) in [6, 6.07) is 0.588. The van der Waals surface area contributed by atoms with Gasteiger partial charge in [0.25, 0.3) is 0 Å². The van der Waals surface area contributed by atoms with Gasteiger partial charge in [-0.25, -0.2) is 0 Å². The lowest BCUT2D eigenvalue weighted by atomic mass is 10.1. The summed E-state index contributed by atoms with van der Waals surface area (Å²) in [7, 11) is 2.19. The summed E-state index contributed by atoms with van der Waals surface area (Å²) in [5.41, 5.74) is 0. The standard InChI is InChI=1S/C14H30N2O/c1-12(2)15-9-13(3)10-16(4)7-8-17-11-14-5-6-14/h12-15H,5-11H2,1-4H3. The Bertz CT molecular complexity index is 193. The molecule has 0 aromatic heterocycles. The van der Waals surface area contributed by atoms with Gasteiger partial charge in [0.1, 0.15) is 0 Å². The molecule has 0 aliphatic heterocycles. The van der Waals surface area contributed by atoms with Gasteiger partial charge < -0.3 is 15.0 Å². The van der Waals surface area contributed by atoms with Gasteiger partial charge in [-0.15, -0.1) is 0 Å². The predicted octanol–water partition coefficient (Wildman–Crippen LogP) is 1.98. The highest BCUT2D eigenvalue weighted by Crippen LogP contribution is 2.28. The molecule has 1 saturated carbocycles. The number of nitrogens with zero attached hydrogens (tertiary/aromatic N) is 1. The van der Waals surface area contributed by atoms with E-state index < -0.39 is 0 Å². The van der Waals surface area contributed by atoms with Crippen LogP contribution in [0.3, 0.4) is 0 Å². The van der Waals surface area contributed by atoms with Crippen LogP contribution in [0.4, 0.5) is 0 Å². The monoisotopic (exact) mass is 242 g/mol. The van der Waals surface area contributed by atoms with Crippen molar-refractivity contribution < 1.29 is 4.74 Å². The van der Waals surface area contributed by atoms with E-state index in [1.807, 2.05) is 0 Å². The third kappa shape index (κ3) is 8.58. The number of hydrogen-bond donors (Lipinski definition) is 1. The fraction of sp³-hybridized carbons (Fsp3) is 1.00. The van der Waals surface area contributed by atoms with Crippen molar-refractivity contribution in [1.82, 2.24) is 10.2 Å². The van der Waals surface area contributed by atoms with Crippen molar-refractivity contribution in [2.45, 2.75) is 39.7 Å². The van der Waals surface area contributed by atoms with Gasteiger partial charge in [0.15, 0.2) is 0 Å².